The molecule has 6 heteroatoms. The Labute approximate surface area is 125 Å². The van der Waals surface area contributed by atoms with Crippen molar-refractivity contribution in [1.29, 1.82) is 0 Å². The van der Waals surface area contributed by atoms with E-state index in [-0.39, 0.29) is 12.1 Å². The molecule has 2 aliphatic heterocycles. The highest BCUT2D eigenvalue weighted by molar-refractivity contribution is 5.87. The van der Waals surface area contributed by atoms with Gasteiger partial charge in [-0.3, -0.25) is 0 Å². The van der Waals surface area contributed by atoms with Crippen LogP contribution in [0.25, 0.3) is 0 Å². The maximum atomic E-state index is 12.5. The Morgan fingerprint density at radius 1 is 1.43 bits per heavy atom. The summed E-state index contributed by atoms with van der Waals surface area (Å²) in [6, 6.07) is -0.193. The average Bonchev–Trinajstić information content (AvgIpc) is 2.93. The van der Waals surface area contributed by atoms with Gasteiger partial charge in [0.15, 0.2) is 0 Å². The number of likely N-dealkylation sites (tertiary alicyclic amines) is 1. The molecule has 6 nitrogen and oxygen atoms in total. The first kappa shape index (κ1) is 16.1. The summed E-state index contributed by atoms with van der Waals surface area (Å²) in [7, 11) is 0. The van der Waals surface area contributed by atoms with Crippen LogP contribution in [0.5, 0.6) is 0 Å². The van der Waals surface area contributed by atoms with E-state index in [9.17, 15) is 14.7 Å². The predicted octanol–water partition coefficient (Wildman–Crippen LogP) is 1.84. The van der Waals surface area contributed by atoms with Crippen molar-refractivity contribution >= 4 is 12.0 Å². The van der Waals surface area contributed by atoms with Crippen LogP contribution in [-0.4, -0.2) is 53.3 Å². The molecule has 2 aliphatic rings. The molecule has 0 radical (unpaired) electrons. The van der Waals surface area contributed by atoms with Crippen LogP contribution in [0.15, 0.2) is 0 Å². The summed E-state index contributed by atoms with van der Waals surface area (Å²) < 4.78 is 5.34. The Balaban J connectivity index is 2.00. The molecule has 2 N–H and O–H groups in total. The minimum Gasteiger partial charge on any atom is -0.479 e. The largest absolute Gasteiger partial charge is 0.479 e. The zero-order valence-electron chi connectivity index (χ0n) is 12.9. The molecule has 21 heavy (non-hydrogen) atoms. The Morgan fingerprint density at radius 2 is 2.10 bits per heavy atom. The lowest BCUT2D eigenvalue weighted by atomic mass is 9.92. The van der Waals surface area contributed by atoms with Crippen molar-refractivity contribution in [2.24, 2.45) is 5.92 Å². The highest BCUT2D eigenvalue weighted by atomic mass is 16.5. The second-order valence-corrected chi connectivity index (χ2v) is 6.13. The SMILES string of the molecule is CCC1(C(=O)O)CCCN1C(=O)NC(C)C1CCOCC1. The number of aliphatic carboxylic acids is 1. The molecule has 0 aliphatic carbocycles. The van der Waals surface area contributed by atoms with Gasteiger partial charge in [-0.05, 0) is 44.9 Å². The van der Waals surface area contributed by atoms with Crippen molar-refractivity contribution in [3.63, 3.8) is 0 Å². The Kier molecular flexibility index (Phi) is 5.08. The lowest BCUT2D eigenvalue weighted by Gasteiger charge is -2.36. The van der Waals surface area contributed by atoms with Crippen LogP contribution in [0.3, 0.4) is 0 Å². The summed E-state index contributed by atoms with van der Waals surface area (Å²) in [5.74, 6) is -0.484. The van der Waals surface area contributed by atoms with Crippen molar-refractivity contribution < 1.29 is 19.4 Å². The van der Waals surface area contributed by atoms with E-state index in [1.807, 2.05) is 13.8 Å². The number of hydrogen-bond donors (Lipinski definition) is 2. The summed E-state index contributed by atoms with van der Waals surface area (Å²) in [5, 5.41) is 12.5. The molecule has 2 atom stereocenters. The molecule has 0 aromatic heterocycles. The molecular formula is C15H26N2O4. The number of carboxylic acid groups (broad SMARTS) is 1. The predicted molar refractivity (Wildman–Crippen MR) is 78.1 cm³/mol. The summed E-state index contributed by atoms with van der Waals surface area (Å²) >= 11 is 0. The molecule has 0 aromatic carbocycles. The molecule has 2 unspecified atom stereocenters. The third-order valence-corrected chi connectivity index (χ3v) is 5.04. The highest BCUT2D eigenvalue weighted by Gasteiger charge is 2.48. The first-order valence-corrected chi connectivity index (χ1v) is 7.90. The van der Waals surface area contributed by atoms with Crippen molar-refractivity contribution in [3.8, 4) is 0 Å². The van der Waals surface area contributed by atoms with E-state index in [0.717, 1.165) is 32.5 Å². The van der Waals surface area contributed by atoms with Gasteiger partial charge in [-0.15, -0.1) is 0 Å². The lowest BCUT2D eigenvalue weighted by molar-refractivity contribution is -0.148. The number of rotatable bonds is 4. The molecular weight excluding hydrogens is 272 g/mol. The summed E-state index contributed by atoms with van der Waals surface area (Å²) in [5.41, 5.74) is -1.03. The monoisotopic (exact) mass is 298 g/mol. The minimum absolute atomic E-state index is 0.0466. The normalized spacial score (nSPS) is 28.4. The highest BCUT2D eigenvalue weighted by Crippen LogP contribution is 2.33. The molecule has 0 saturated carbocycles. The van der Waals surface area contributed by atoms with Crippen molar-refractivity contribution in [2.75, 3.05) is 19.8 Å². The van der Waals surface area contributed by atoms with Crippen molar-refractivity contribution in [1.82, 2.24) is 10.2 Å². The van der Waals surface area contributed by atoms with Gasteiger partial charge in [-0.25, -0.2) is 9.59 Å². The third kappa shape index (κ3) is 3.15. The molecule has 0 spiro atoms. The van der Waals surface area contributed by atoms with Crippen LogP contribution in [0, 0.1) is 5.92 Å². The van der Waals surface area contributed by atoms with Crippen LogP contribution in [0.4, 0.5) is 4.79 Å². The van der Waals surface area contributed by atoms with Gasteiger partial charge in [0, 0.05) is 25.8 Å². The Hall–Kier alpha value is -1.30. The van der Waals surface area contributed by atoms with Crippen molar-refractivity contribution in [2.45, 2.75) is 57.5 Å². The van der Waals surface area contributed by atoms with E-state index in [1.165, 1.54) is 4.90 Å². The van der Waals surface area contributed by atoms with Crippen molar-refractivity contribution in [3.05, 3.63) is 0 Å². The lowest BCUT2D eigenvalue weighted by Crippen LogP contribution is -2.57. The number of amides is 2. The van der Waals surface area contributed by atoms with Gasteiger partial charge in [0.1, 0.15) is 5.54 Å². The summed E-state index contributed by atoms with van der Waals surface area (Å²) in [4.78, 5) is 25.6. The van der Waals surface area contributed by atoms with Gasteiger partial charge in [0.2, 0.25) is 0 Å². The fourth-order valence-corrected chi connectivity index (χ4v) is 3.52. The number of ether oxygens (including phenoxy) is 1. The third-order valence-electron chi connectivity index (χ3n) is 5.04. The van der Waals surface area contributed by atoms with Crippen LogP contribution in [0.1, 0.15) is 46.0 Å². The van der Waals surface area contributed by atoms with E-state index in [4.69, 9.17) is 4.74 Å². The maximum absolute atomic E-state index is 12.5. The molecule has 2 rings (SSSR count). The smallest absolute Gasteiger partial charge is 0.329 e. The van der Waals surface area contributed by atoms with E-state index in [0.29, 0.717) is 25.3 Å². The standard InChI is InChI=1S/C15H26N2O4/c1-3-15(13(18)19)7-4-8-17(15)14(20)16-11(2)12-5-9-21-10-6-12/h11-12H,3-10H2,1-2H3,(H,16,20)(H,18,19). The minimum atomic E-state index is -1.03. The van der Waals surface area contributed by atoms with Crippen LogP contribution in [-0.2, 0) is 9.53 Å². The molecule has 0 bridgehead atoms. The van der Waals surface area contributed by atoms with E-state index in [2.05, 4.69) is 5.32 Å². The van der Waals surface area contributed by atoms with E-state index >= 15 is 0 Å². The second-order valence-electron chi connectivity index (χ2n) is 6.13. The van der Waals surface area contributed by atoms with Gasteiger partial charge >= 0.3 is 12.0 Å². The quantitative estimate of drug-likeness (QED) is 0.830. The van der Waals surface area contributed by atoms with Crippen LogP contribution < -0.4 is 5.32 Å². The number of nitrogens with one attached hydrogen (secondary N) is 1. The molecule has 2 fully saturated rings. The van der Waals surface area contributed by atoms with Gasteiger partial charge in [-0.2, -0.15) is 0 Å². The fourth-order valence-electron chi connectivity index (χ4n) is 3.52. The topological polar surface area (TPSA) is 78.9 Å². The number of nitrogens with zero attached hydrogens (tertiary/aromatic N) is 1. The molecule has 2 amide bonds. The Bertz CT molecular complexity index is 395. The number of carbonyl (C=O) groups excluding carboxylic acids is 1. The number of hydrogen-bond acceptors (Lipinski definition) is 3. The van der Waals surface area contributed by atoms with Crippen LogP contribution >= 0.6 is 0 Å². The zero-order valence-corrected chi connectivity index (χ0v) is 12.9. The van der Waals surface area contributed by atoms with Gasteiger partial charge in [0.25, 0.3) is 0 Å². The Morgan fingerprint density at radius 3 is 2.67 bits per heavy atom. The van der Waals surface area contributed by atoms with E-state index in [1.54, 1.807) is 0 Å². The van der Waals surface area contributed by atoms with Gasteiger partial charge in [0.05, 0.1) is 0 Å². The number of urea groups is 1. The van der Waals surface area contributed by atoms with Gasteiger partial charge < -0.3 is 20.1 Å². The molecule has 2 heterocycles. The van der Waals surface area contributed by atoms with Crippen LogP contribution in [0.2, 0.25) is 0 Å². The zero-order chi connectivity index (χ0) is 15.5. The molecule has 120 valence electrons. The summed E-state index contributed by atoms with van der Waals surface area (Å²) in [6.07, 6.45) is 3.62. The number of carbonyl (C=O) groups is 2. The van der Waals surface area contributed by atoms with Gasteiger partial charge in [-0.1, -0.05) is 6.92 Å². The maximum Gasteiger partial charge on any atom is 0.329 e. The number of carboxylic acids is 1. The summed E-state index contributed by atoms with van der Waals surface area (Å²) in [6.45, 7) is 5.83. The average molecular weight is 298 g/mol. The molecule has 0 aromatic rings. The second kappa shape index (κ2) is 6.64. The first-order chi connectivity index (χ1) is 10.0. The van der Waals surface area contributed by atoms with E-state index < -0.39 is 11.5 Å². The fraction of sp³-hybridized carbons (Fsp3) is 0.867. The first-order valence-electron chi connectivity index (χ1n) is 7.90. The molecule has 2 saturated heterocycles.